The van der Waals surface area contributed by atoms with E-state index in [1.54, 1.807) is 11.8 Å². The van der Waals surface area contributed by atoms with Gasteiger partial charge in [0, 0.05) is 14.8 Å². The van der Waals surface area contributed by atoms with Crippen molar-refractivity contribution >= 4 is 35.9 Å². The number of halogens is 1. The molecule has 0 atom stereocenters. The molecule has 0 radical (unpaired) electrons. The molecule has 5 heteroatoms. The third-order valence-corrected chi connectivity index (χ3v) is 4.08. The van der Waals surface area contributed by atoms with E-state index in [0.717, 1.165) is 25.8 Å². The fourth-order valence-electron chi connectivity index (χ4n) is 1.90. The van der Waals surface area contributed by atoms with E-state index in [0.29, 0.717) is 6.61 Å². The van der Waals surface area contributed by atoms with Crippen LogP contribution in [-0.4, -0.2) is 12.1 Å². The van der Waals surface area contributed by atoms with E-state index in [-0.39, 0.29) is 0 Å². The molecule has 0 fully saturated rings. The lowest BCUT2D eigenvalue weighted by atomic mass is 9.80. The zero-order valence-corrected chi connectivity index (χ0v) is 11.0. The van der Waals surface area contributed by atoms with Crippen LogP contribution in [0.2, 0.25) is 5.02 Å². The lowest BCUT2D eigenvalue weighted by molar-refractivity contribution is 0.275. The van der Waals surface area contributed by atoms with Gasteiger partial charge in [-0.05, 0) is 47.4 Å². The zero-order chi connectivity index (χ0) is 12.5. The summed E-state index contributed by atoms with van der Waals surface area (Å²) in [5.41, 5.74) is 1.93. The van der Waals surface area contributed by atoms with Gasteiger partial charge in [0.15, 0.2) is 0 Å². The average Bonchev–Trinajstić information content (AvgIpc) is 2.74. The van der Waals surface area contributed by atoms with Crippen LogP contribution in [0.15, 0.2) is 52.3 Å². The van der Waals surface area contributed by atoms with E-state index >= 15 is 0 Å². The Morgan fingerprint density at radius 3 is 2.61 bits per heavy atom. The molecule has 0 unspecified atom stereocenters. The van der Waals surface area contributed by atoms with Gasteiger partial charge in [0.25, 0.3) is 0 Å². The standard InChI is InChI=1S/C13H10BClO2S/c15-10-2-5-11(6-3-10)18-12-4-1-9-8-17-14(16)13(9)7-12/h1-7,16H,8H2. The highest BCUT2D eigenvalue weighted by Crippen LogP contribution is 2.29. The maximum Gasteiger partial charge on any atom is 0.491 e. The summed E-state index contributed by atoms with van der Waals surface area (Å²) in [6.07, 6.45) is 0. The van der Waals surface area contributed by atoms with E-state index in [1.165, 1.54) is 0 Å². The second kappa shape index (κ2) is 4.98. The number of hydrogen-bond acceptors (Lipinski definition) is 3. The topological polar surface area (TPSA) is 29.5 Å². The van der Waals surface area contributed by atoms with Crippen molar-refractivity contribution in [2.24, 2.45) is 0 Å². The molecule has 18 heavy (non-hydrogen) atoms. The van der Waals surface area contributed by atoms with Crippen LogP contribution in [0.1, 0.15) is 5.56 Å². The Kier molecular flexibility index (Phi) is 3.35. The van der Waals surface area contributed by atoms with Gasteiger partial charge < -0.3 is 9.68 Å². The van der Waals surface area contributed by atoms with Gasteiger partial charge in [-0.2, -0.15) is 0 Å². The predicted molar refractivity (Wildman–Crippen MR) is 74.4 cm³/mol. The molecule has 0 saturated heterocycles. The van der Waals surface area contributed by atoms with Crippen molar-refractivity contribution in [1.82, 2.24) is 0 Å². The normalized spacial score (nSPS) is 13.8. The second-order valence-electron chi connectivity index (χ2n) is 4.08. The molecule has 1 heterocycles. The van der Waals surface area contributed by atoms with Gasteiger partial charge in [-0.1, -0.05) is 29.4 Å². The van der Waals surface area contributed by atoms with Crippen LogP contribution in [0.4, 0.5) is 0 Å². The highest BCUT2D eigenvalue weighted by molar-refractivity contribution is 7.99. The van der Waals surface area contributed by atoms with Crippen LogP contribution in [0, 0.1) is 0 Å². The maximum absolute atomic E-state index is 9.66. The molecule has 0 spiro atoms. The molecule has 90 valence electrons. The first-order chi connectivity index (χ1) is 8.72. The highest BCUT2D eigenvalue weighted by Gasteiger charge is 2.27. The van der Waals surface area contributed by atoms with Crippen LogP contribution < -0.4 is 5.46 Å². The van der Waals surface area contributed by atoms with Gasteiger partial charge in [0.05, 0.1) is 6.61 Å². The van der Waals surface area contributed by atoms with Gasteiger partial charge >= 0.3 is 7.12 Å². The minimum Gasteiger partial charge on any atom is -0.423 e. The van der Waals surface area contributed by atoms with Crippen molar-refractivity contribution in [2.45, 2.75) is 16.4 Å². The first-order valence-corrected chi connectivity index (χ1v) is 6.78. The van der Waals surface area contributed by atoms with Gasteiger partial charge in [-0.3, -0.25) is 0 Å². The third kappa shape index (κ3) is 2.42. The number of rotatable bonds is 2. The SMILES string of the molecule is OB1OCc2ccc(Sc3ccc(Cl)cc3)cc21. The van der Waals surface area contributed by atoms with E-state index < -0.39 is 7.12 Å². The first kappa shape index (κ1) is 12.1. The Morgan fingerprint density at radius 2 is 1.83 bits per heavy atom. The fraction of sp³-hybridized carbons (Fsp3) is 0.0769. The second-order valence-corrected chi connectivity index (χ2v) is 5.66. The van der Waals surface area contributed by atoms with E-state index in [1.807, 2.05) is 42.5 Å². The van der Waals surface area contributed by atoms with Gasteiger partial charge in [-0.15, -0.1) is 0 Å². The van der Waals surface area contributed by atoms with Crippen molar-refractivity contribution in [3.8, 4) is 0 Å². The van der Waals surface area contributed by atoms with Crippen LogP contribution in [0.5, 0.6) is 0 Å². The van der Waals surface area contributed by atoms with Gasteiger partial charge in [0.1, 0.15) is 0 Å². The van der Waals surface area contributed by atoms with Crippen molar-refractivity contribution < 1.29 is 9.68 Å². The van der Waals surface area contributed by atoms with Crippen LogP contribution in [0.3, 0.4) is 0 Å². The molecular weight excluding hydrogens is 266 g/mol. The lowest BCUT2D eigenvalue weighted by Crippen LogP contribution is -2.27. The fourth-order valence-corrected chi connectivity index (χ4v) is 2.89. The number of hydrogen-bond donors (Lipinski definition) is 1. The van der Waals surface area contributed by atoms with Gasteiger partial charge in [-0.25, -0.2) is 0 Å². The Hall–Kier alpha value is -0.935. The summed E-state index contributed by atoms with van der Waals surface area (Å²) >= 11 is 7.49. The van der Waals surface area contributed by atoms with E-state index in [4.69, 9.17) is 16.3 Å². The summed E-state index contributed by atoms with van der Waals surface area (Å²) in [4.78, 5) is 2.20. The van der Waals surface area contributed by atoms with E-state index in [9.17, 15) is 5.02 Å². The quantitative estimate of drug-likeness (QED) is 0.855. The van der Waals surface area contributed by atoms with E-state index in [2.05, 4.69) is 0 Å². The summed E-state index contributed by atoms with van der Waals surface area (Å²) in [5, 5.41) is 10.4. The minimum atomic E-state index is -0.786. The third-order valence-electron chi connectivity index (χ3n) is 2.83. The molecule has 0 amide bonds. The summed E-state index contributed by atoms with van der Waals surface area (Å²) in [5.74, 6) is 0. The van der Waals surface area contributed by atoms with Crippen molar-refractivity contribution in [3.63, 3.8) is 0 Å². The van der Waals surface area contributed by atoms with Crippen LogP contribution in [0.25, 0.3) is 0 Å². The lowest BCUT2D eigenvalue weighted by Gasteiger charge is -2.04. The molecule has 1 aliphatic heterocycles. The molecule has 2 aromatic carbocycles. The summed E-state index contributed by atoms with van der Waals surface area (Å²) in [7, 11) is -0.786. The molecule has 2 aromatic rings. The molecule has 0 bridgehead atoms. The molecule has 3 rings (SSSR count). The van der Waals surface area contributed by atoms with Gasteiger partial charge in [0.2, 0.25) is 0 Å². The molecular formula is C13H10BClO2S. The highest BCUT2D eigenvalue weighted by atomic mass is 35.5. The van der Waals surface area contributed by atoms with Crippen molar-refractivity contribution in [2.75, 3.05) is 0 Å². The molecule has 1 aliphatic rings. The average molecular weight is 277 g/mol. The van der Waals surface area contributed by atoms with Crippen molar-refractivity contribution in [3.05, 3.63) is 53.1 Å². The molecule has 2 nitrogen and oxygen atoms in total. The summed E-state index contributed by atoms with van der Waals surface area (Å²) in [6.45, 7) is 0.488. The van der Waals surface area contributed by atoms with Crippen molar-refractivity contribution in [1.29, 1.82) is 0 Å². The van der Waals surface area contributed by atoms with Crippen LogP contribution in [-0.2, 0) is 11.3 Å². The van der Waals surface area contributed by atoms with Crippen LogP contribution >= 0.6 is 23.4 Å². The molecule has 0 aliphatic carbocycles. The summed E-state index contributed by atoms with van der Waals surface area (Å²) in [6, 6.07) is 13.7. The molecule has 1 N–H and O–H groups in total. The smallest absolute Gasteiger partial charge is 0.423 e. The Balaban J connectivity index is 1.85. The first-order valence-electron chi connectivity index (χ1n) is 5.58. The molecule has 0 saturated carbocycles. The number of benzene rings is 2. The summed E-state index contributed by atoms with van der Waals surface area (Å²) < 4.78 is 5.17. The maximum atomic E-state index is 9.66. The number of fused-ring (bicyclic) bond motifs is 1. The Bertz CT molecular complexity index is 574. The predicted octanol–water partition coefficient (Wildman–Crippen LogP) is 2.71. The Labute approximate surface area is 115 Å². The minimum absolute atomic E-state index is 0.488. The Morgan fingerprint density at radius 1 is 1.11 bits per heavy atom. The monoisotopic (exact) mass is 276 g/mol. The molecule has 0 aromatic heterocycles. The largest absolute Gasteiger partial charge is 0.491 e. The zero-order valence-electron chi connectivity index (χ0n) is 9.47.